The minimum absolute atomic E-state index is 0.0213. The first-order valence-corrected chi connectivity index (χ1v) is 7.91. The minimum atomic E-state index is -0.265. The second-order valence-electron chi connectivity index (χ2n) is 5.59. The lowest BCUT2D eigenvalue weighted by molar-refractivity contribution is -0.116. The molecule has 0 aliphatic heterocycles. The molecule has 0 bridgehead atoms. The molecule has 4 rings (SSSR count). The number of benzene rings is 2. The Labute approximate surface area is 147 Å². The number of hydrogen-bond donors (Lipinski definition) is 1. The molecular weight excluding hydrogens is 332 g/mol. The van der Waals surface area contributed by atoms with Crippen molar-refractivity contribution in [1.82, 2.24) is 24.5 Å². The summed E-state index contributed by atoms with van der Waals surface area (Å²) in [6.07, 6.45) is 4.20. The molecule has 2 aromatic heterocycles. The Morgan fingerprint density at radius 2 is 1.85 bits per heavy atom. The highest BCUT2D eigenvalue weighted by Gasteiger charge is 2.11. The molecule has 8 nitrogen and oxygen atoms in total. The van der Waals surface area contributed by atoms with Gasteiger partial charge in [-0.15, -0.1) is 0 Å². The van der Waals surface area contributed by atoms with Crippen LogP contribution in [0, 0.1) is 0 Å². The Morgan fingerprint density at radius 3 is 2.69 bits per heavy atom. The number of carbonyl (C=O) groups excluding carboxylic acids is 1. The van der Waals surface area contributed by atoms with E-state index < -0.39 is 0 Å². The second-order valence-corrected chi connectivity index (χ2v) is 5.59. The highest BCUT2D eigenvalue weighted by atomic mass is 16.2. The summed E-state index contributed by atoms with van der Waals surface area (Å²) in [5, 5.41) is 11.6. The highest BCUT2D eigenvalue weighted by molar-refractivity contribution is 5.93. The Bertz CT molecular complexity index is 1130. The normalized spacial score (nSPS) is 10.8. The van der Waals surface area contributed by atoms with Crippen molar-refractivity contribution in [2.24, 2.45) is 0 Å². The van der Waals surface area contributed by atoms with Crippen molar-refractivity contribution in [3.63, 3.8) is 0 Å². The molecule has 0 unspecified atom stereocenters. The molecule has 26 heavy (non-hydrogen) atoms. The number of carbonyl (C=O) groups is 1. The number of rotatable bonds is 4. The maximum Gasteiger partial charge on any atom is 0.246 e. The molecule has 2 aromatic carbocycles. The number of para-hydroxylation sites is 3. The second kappa shape index (κ2) is 6.60. The quantitative estimate of drug-likeness (QED) is 0.606. The van der Waals surface area contributed by atoms with E-state index in [4.69, 9.17) is 0 Å². The van der Waals surface area contributed by atoms with E-state index in [2.05, 4.69) is 20.5 Å². The van der Waals surface area contributed by atoms with Crippen LogP contribution in [0.4, 0.5) is 5.69 Å². The molecule has 0 fully saturated rings. The first-order chi connectivity index (χ1) is 12.7. The first-order valence-electron chi connectivity index (χ1n) is 7.91. The van der Waals surface area contributed by atoms with E-state index in [0.717, 1.165) is 0 Å². The lowest BCUT2D eigenvalue weighted by Gasteiger charge is -2.12. The van der Waals surface area contributed by atoms with Crippen LogP contribution in [0.25, 0.3) is 16.6 Å². The average Bonchev–Trinajstić information content (AvgIpc) is 3.19. The van der Waals surface area contributed by atoms with Gasteiger partial charge in [-0.3, -0.25) is 14.3 Å². The monoisotopic (exact) mass is 346 g/mol. The summed E-state index contributed by atoms with van der Waals surface area (Å²) >= 11 is 0. The Morgan fingerprint density at radius 1 is 1.04 bits per heavy atom. The van der Waals surface area contributed by atoms with Crippen LogP contribution in [-0.2, 0) is 11.3 Å². The number of nitrogens with one attached hydrogen (secondary N) is 1. The van der Waals surface area contributed by atoms with Gasteiger partial charge in [-0.2, -0.15) is 10.2 Å². The third-order valence-corrected chi connectivity index (χ3v) is 3.90. The fourth-order valence-corrected chi connectivity index (χ4v) is 2.72. The molecule has 8 heteroatoms. The fraction of sp³-hybridized carbons (Fsp3) is 0.0556. The smallest absolute Gasteiger partial charge is 0.246 e. The van der Waals surface area contributed by atoms with Crippen LogP contribution in [0.1, 0.15) is 0 Å². The van der Waals surface area contributed by atoms with Crippen LogP contribution in [-0.4, -0.2) is 30.5 Å². The molecule has 0 spiro atoms. The number of hydrogen-bond acceptors (Lipinski definition) is 5. The Kier molecular flexibility index (Phi) is 3.98. The average molecular weight is 346 g/mol. The standard InChI is InChI=1S/C18H14N6O2/c25-17-9-20-23(15-7-3-1-5-13(15)17)10-18(26)22-14-6-2-4-8-16(14)24-12-19-11-21-24/h1-9,11-12H,10H2,(H,22,26). The van der Waals surface area contributed by atoms with Gasteiger partial charge in [-0.25, -0.2) is 9.67 Å². The van der Waals surface area contributed by atoms with Gasteiger partial charge in [0.1, 0.15) is 19.2 Å². The van der Waals surface area contributed by atoms with Crippen molar-refractivity contribution < 1.29 is 4.79 Å². The number of fused-ring (bicyclic) bond motifs is 1. The fourth-order valence-electron chi connectivity index (χ4n) is 2.72. The molecule has 0 radical (unpaired) electrons. The van der Waals surface area contributed by atoms with Crippen molar-refractivity contribution in [3.05, 3.63) is 77.6 Å². The lowest BCUT2D eigenvalue weighted by Crippen LogP contribution is -2.23. The van der Waals surface area contributed by atoms with Gasteiger partial charge < -0.3 is 5.32 Å². The molecule has 1 N–H and O–H groups in total. The number of anilines is 1. The van der Waals surface area contributed by atoms with Gasteiger partial charge in [0.05, 0.1) is 23.1 Å². The predicted octanol–water partition coefficient (Wildman–Crippen LogP) is 1.62. The zero-order valence-corrected chi connectivity index (χ0v) is 13.6. The first kappa shape index (κ1) is 15.7. The molecule has 0 atom stereocenters. The molecule has 0 saturated heterocycles. The zero-order valence-electron chi connectivity index (χ0n) is 13.6. The Balaban J connectivity index is 1.62. The van der Waals surface area contributed by atoms with Crippen LogP contribution >= 0.6 is 0 Å². The van der Waals surface area contributed by atoms with Gasteiger partial charge in [0, 0.05) is 5.39 Å². The van der Waals surface area contributed by atoms with Crippen LogP contribution in [0.15, 0.2) is 72.2 Å². The third-order valence-electron chi connectivity index (χ3n) is 3.90. The number of amides is 1. The summed E-state index contributed by atoms with van der Waals surface area (Å²) in [6, 6.07) is 14.4. The molecule has 4 aromatic rings. The summed E-state index contributed by atoms with van der Waals surface area (Å²) in [7, 11) is 0. The van der Waals surface area contributed by atoms with E-state index in [1.807, 2.05) is 18.2 Å². The molecule has 0 aliphatic rings. The molecule has 1 amide bonds. The van der Waals surface area contributed by atoms with E-state index in [9.17, 15) is 9.59 Å². The predicted molar refractivity (Wildman–Crippen MR) is 96.0 cm³/mol. The summed E-state index contributed by atoms with van der Waals surface area (Å²) in [6.45, 7) is -0.0213. The molecular formula is C18H14N6O2. The summed E-state index contributed by atoms with van der Waals surface area (Å²) in [5.74, 6) is -0.265. The van der Waals surface area contributed by atoms with Crippen LogP contribution in [0.3, 0.4) is 0 Å². The summed E-state index contributed by atoms with van der Waals surface area (Å²) < 4.78 is 3.08. The molecule has 2 heterocycles. The Hall–Kier alpha value is -3.81. The SMILES string of the molecule is O=C(Cn1ncc(=O)c2ccccc21)Nc1ccccc1-n1cncn1. The zero-order chi connectivity index (χ0) is 17.9. The van der Waals surface area contributed by atoms with Gasteiger partial charge in [0.15, 0.2) is 0 Å². The number of aromatic nitrogens is 5. The lowest BCUT2D eigenvalue weighted by atomic mass is 10.2. The van der Waals surface area contributed by atoms with E-state index in [0.29, 0.717) is 22.3 Å². The van der Waals surface area contributed by atoms with Gasteiger partial charge >= 0.3 is 0 Å². The van der Waals surface area contributed by atoms with E-state index in [1.54, 1.807) is 41.3 Å². The van der Waals surface area contributed by atoms with Crippen LogP contribution < -0.4 is 10.7 Å². The highest BCUT2D eigenvalue weighted by Crippen LogP contribution is 2.18. The van der Waals surface area contributed by atoms with E-state index in [-0.39, 0.29) is 17.9 Å². The van der Waals surface area contributed by atoms with E-state index in [1.165, 1.54) is 17.2 Å². The topological polar surface area (TPSA) is 94.7 Å². The minimum Gasteiger partial charge on any atom is -0.323 e. The van der Waals surface area contributed by atoms with Gasteiger partial charge in [0.2, 0.25) is 11.3 Å². The van der Waals surface area contributed by atoms with Crippen molar-refractivity contribution >= 4 is 22.5 Å². The number of nitrogens with zero attached hydrogens (tertiary/aromatic N) is 5. The summed E-state index contributed by atoms with van der Waals surface area (Å²) in [4.78, 5) is 28.4. The maximum absolute atomic E-state index is 12.5. The third kappa shape index (κ3) is 2.95. The van der Waals surface area contributed by atoms with Gasteiger partial charge in [0.25, 0.3) is 0 Å². The van der Waals surface area contributed by atoms with Crippen LogP contribution in [0.5, 0.6) is 0 Å². The van der Waals surface area contributed by atoms with Gasteiger partial charge in [-0.05, 0) is 24.3 Å². The largest absolute Gasteiger partial charge is 0.323 e. The van der Waals surface area contributed by atoms with Gasteiger partial charge in [-0.1, -0.05) is 24.3 Å². The van der Waals surface area contributed by atoms with Crippen molar-refractivity contribution in [2.75, 3.05) is 5.32 Å². The molecule has 0 aliphatic carbocycles. The van der Waals surface area contributed by atoms with Crippen molar-refractivity contribution in [1.29, 1.82) is 0 Å². The molecule has 0 saturated carbocycles. The van der Waals surface area contributed by atoms with Crippen molar-refractivity contribution in [2.45, 2.75) is 6.54 Å². The van der Waals surface area contributed by atoms with Crippen molar-refractivity contribution in [3.8, 4) is 5.69 Å². The van der Waals surface area contributed by atoms with Crippen LogP contribution in [0.2, 0.25) is 0 Å². The van der Waals surface area contributed by atoms with E-state index >= 15 is 0 Å². The summed E-state index contributed by atoms with van der Waals surface area (Å²) in [5.41, 5.74) is 1.75. The maximum atomic E-state index is 12.5. The molecule has 128 valence electrons.